The Morgan fingerprint density at radius 3 is 2.63 bits per heavy atom. The minimum absolute atomic E-state index is 0.158. The van der Waals surface area contributed by atoms with Gasteiger partial charge in [0, 0.05) is 38.9 Å². The van der Waals surface area contributed by atoms with Gasteiger partial charge >= 0.3 is 6.03 Å². The maximum atomic E-state index is 11.9. The average Bonchev–Trinajstić information content (AvgIpc) is 2.70. The topological polar surface area (TPSA) is 92.6 Å². The second-order valence-corrected chi connectivity index (χ2v) is 7.43. The number of hydrogen-bond acceptors (Lipinski definition) is 6. The molecular formula is C19H24N6O2. The monoisotopic (exact) mass is 368 g/mol. The highest BCUT2D eigenvalue weighted by Crippen LogP contribution is 2.27. The molecular weight excluding hydrogens is 344 g/mol. The van der Waals surface area contributed by atoms with Gasteiger partial charge in [-0.25, -0.2) is 9.78 Å². The van der Waals surface area contributed by atoms with Gasteiger partial charge in [-0.05, 0) is 37.3 Å². The molecule has 3 heterocycles. The van der Waals surface area contributed by atoms with Gasteiger partial charge in [-0.2, -0.15) is 5.26 Å². The zero-order chi connectivity index (χ0) is 19.0. The maximum Gasteiger partial charge on any atom is 0.325 e. The molecule has 0 radical (unpaired) electrons. The highest BCUT2D eigenvalue weighted by Gasteiger charge is 2.34. The Balaban J connectivity index is 1.46. The molecule has 0 saturated carbocycles. The molecule has 1 aromatic heterocycles. The smallest absolute Gasteiger partial charge is 0.325 e. The Labute approximate surface area is 158 Å². The number of hydrogen-bond donors (Lipinski definition) is 1. The summed E-state index contributed by atoms with van der Waals surface area (Å²) in [7, 11) is 1.50. The van der Waals surface area contributed by atoms with Crippen molar-refractivity contribution in [1.82, 2.24) is 20.1 Å². The zero-order valence-corrected chi connectivity index (χ0v) is 15.6. The molecule has 0 bridgehead atoms. The number of aromatic nitrogens is 1. The molecule has 1 atom stereocenters. The first-order chi connectivity index (χ1) is 13.1. The number of amides is 3. The molecule has 142 valence electrons. The van der Waals surface area contributed by atoms with Gasteiger partial charge in [0.1, 0.15) is 11.9 Å². The van der Waals surface area contributed by atoms with Crippen molar-refractivity contribution in [2.24, 2.45) is 0 Å². The van der Waals surface area contributed by atoms with E-state index in [-0.39, 0.29) is 18.1 Å². The van der Waals surface area contributed by atoms with Crippen molar-refractivity contribution in [3.05, 3.63) is 22.9 Å². The second kappa shape index (κ2) is 7.16. The van der Waals surface area contributed by atoms with E-state index in [1.165, 1.54) is 19.0 Å². The molecule has 1 aliphatic carbocycles. The van der Waals surface area contributed by atoms with Gasteiger partial charge in [0.05, 0.1) is 18.2 Å². The van der Waals surface area contributed by atoms with Gasteiger partial charge in [0.15, 0.2) is 0 Å². The summed E-state index contributed by atoms with van der Waals surface area (Å²) in [4.78, 5) is 34.1. The lowest BCUT2D eigenvalue weighted by atomic mass is 9.95. The van der Waals surface area contributed by atoms with Crippen LogP contribution in [0.4, 0.5) is 10.6 Å². The van der Waals surface area contributed by atoms with Crippen molar-refractivity contribution in [1.29, 1.82) is 5.26 Å². The molecule has 2 fully saturated rings. The number of nitrogens with zero attached hydrogens (tertiary/aromatic N) is 5. The number of urea groups is 1. The third kappa shape index (κ3) is 3.35. The lowest BCUT2D eigenvalue weighted by Gasteiger charge is -2.42. The van der Waals surface area contributed by atoms with E-state index in [0.717, 1.165) is 48.8 Å². The lowest BCUT2D eigenvalue weighted by Crippen LogP contribution is -2.62. The largest absolute Gasteiger partial charge is 0.353 e. The number of rotatable bonds is 2. The van der Waals surface area contributed by atoms with Crippen LogP contribution in [0.2, 0.25) is 0 Å². The molecule has 1 unspecified atom stereocenters. The maximum absolute atomic E-state index is 11.9. The van der Waals surface area contributed by atoms with Crippen molar-refractivity contribution in [3.63, 3.8) is 0 Å². The number of aryl methyl sites for hydroxylation is 2. The normalized spacial score (nSPS) is 23.6. The van der Waals surface area contributed by atoms with E-state index in [0.29, 0.717) is 25.1 Å². The summed E-state index contributed by atoms with van der Waals surface area (Å²) < 4.78 is 0. The molecule has 8 nitrogen and oxygen atoms in total. The first kappa shape index (κ1) is 17.7. The Bertz CT molecular complexity index is 791. The number of imide groups is 1. The summed E-state index contributed by atoms with van der Waals surface area (Å²) in [6, 6.07) is 3.98. The van der Waals surface area contributed by atoms with Crippen LogP contribution in [0.25, 0.3) is 0 Å². The average molecular weight is 368 g/mol. The SMILES string of the molecule is CN1C(=O)CC(N2CCN(c3nc4c(cc3C#N)CCCC4)CC2)NC1=O. The summed E-state index contributed by atoms with van der Waals surface area (Å²) in [6.45, 7) is 2.87. The van der Waals surface area contributed by atoms with E-state index in [1.54, 1.807) is 0 Å². The fourth-order valence-corrected chi connectivity index (χ4v) is 4.12. The summed E-state index contributed by atoms with van der Waals surface area (Å²) in [5.74, 6) is 0.621. The molecule has 3 amide bonds. The predicted octanol–water partition coefficient (Wildman–Crippen LogP) is 0.852. The Hall–Kier alpha value is -2.66. The number of fused-ring (bicyclic) bond motifs is 1. The third-order valence-corrected chi connectivity index (χ3v) is 5.79. The molecule has 4 rings (SSSR count). The van der Waals surface area contributed by atoms with Crippen LogP contribution in [0.5, 0.6) is 0 Å². The van der Waals surface area contributed by atoms with Gasteiger partial charge in [-0.15, -0.1) is 0 Å². The van der Waals surface area contributed by atoms with Crippen LogP contribution in [0.1, 0.15) is 36.1 Å². The highest BCUT2D eigenvalue weighted by molar-refractivity contribution is 5.96. The van der Waals surface area contributed by atoms with Crippen LogP contribution < -0.4 is 10.2 Å². The van der Waals surface area contributed by atoms with Crippen LogP contribution in [0.15, 0.2) is 6.07 Å². The first-order valence-corrected chi connectivity index (χ1v) is 9.56. The van der Waals surface area contributed by atoms with Gasteiger partial charge in [0.25, 0.3) is 0 Å². The number of anilines is 1. The van der Waals surface area contributed by atoms with Crippen LogP contribution >= 0.6 is 0 Å². The molecule has 3 aliphatic rings. The molecule has 2 saturated heterocycles. The van der Waals surface area contributed by atoms with Crippen LogP contribution in [0, 0.1) is 11.3 Å². The number of nitrogens with one attached hydrogen (secondary N) is 1. The minimum Gasteiger partial charge on any atom is -0.353 e. The van der Waals surface area contributed by atoms with Crippen LogP contribution in [-0.4, -0.2) is 66.1 Å². The molecule has 2 aliphatic heterocycles. The van der Waals surface area contributed by atoms with Crippen molar-refractivity contribution in [2.45, 2.75) is 38.3 Å². The summed E-state index contributed by atoms with van der Waals surface area (Å²) in [5.41, 5.74) is 2.99. The van der Waals surface area contributed by atoms with E-state index in [2.05, 4.69) is 21.2 Å². The quantitative estimate of drug-likeness (QED) is 0.832. The standard InChI is InChI=1S/C19H24N6O2/c1-23-17(26)11-16(22-19(23)27)24-6-8-25(9-7-24)18-14(12-20)10-13-4-2-3-5-15(13)21-18/h10,16H,2-9,11H2,1H3,(H,22,27). The highest BCUT2D eigenvalue weighted by atomic mass is 16.2. The van der Waals surface area contributed by atoms with E-state index in [1.807, 2.05) is 6.07 Å². The molecule has 27 heavy (non-hydrogen) atoms. The first-order valence-electron chi connectivity index (χ1n) is 9.56. The number of carbonyl (C=O) groups excluding carboxylic acids is 2. The van der Waals surface area contributed by atoms with Crippen molar-refractivity contribution in [2.75, 3.05) is 38.1 Å². The minimum atomic E-state index is -0.346. The Morgan fingerprint density at radius 2 is 1.93 bits per heavy atom. The molecule has 0 aromatic carbocycles. The van der Waals surface area contributed by atoms with Crippen molar-refractivity contribution in [3.8, 4) is 6.07 Å². The fraction of sp³-hybridized carbons (Fsp3) is 0.579. The van der Waals surface area contributed by atoms with Gasteiger partial charge in [-0.3, -0.25) is 14.6 Å². The molecule has 1 N–H and O–H groups in total. The summed E-state index contributed by atoms with van der Waals surface area (Å²) in [5, 5.41) is 12.5. The molecule has 1 aromatic rings. The number of carbonyl (C=O) groups is 2. The van der Waals surface area contributed by atoms with Gasteiger partial charge in [-0.1, -0.05) is 0 Å². The van der Waals surface area contributed by atoms with Gasteiger partial charge in [0.2, 0.25) is 5.91 Å². The van der Waals surface area contributed by atoms with Crippen molar-refractivity contribution >= 4 is 17.8 Å². The predicted molar refractivity (Wildman–Crippen MR) is 99.1 cm³/mol. The lowest BCUT2D eigenvalue weighted by molar-refractivity contribution is -0.130. The van der Waals surface area contributed by atoms with E-state index < -0.39 is 0 Å². The van der Waals surface area contributed by atoms with Crippen molar-refractivity contribution < 1.29 is 9.59 Å². The third-order valence-electron chi connectivity index (χ3n) is 5.79. The Morgan fingerprint density at radius 1 is 1.19 bits per heavy atom. The number of piperazine rings is 1. The zero-order valence-electron chi connectivity index (χ0n) is 15.6. The van der Waals surface area contributed by atoms with Crippen LogP contribution in [0.3, 0.4) is 0 Å². The fourth-order valence-electron chi connectivity index (χ4n) is 4.12. The van der Waals surface area contributed by atoms with E-state index in [4.69, 9.17) is 4.98 Å². The number of pyridine rings is 1. The molecule has 0 spiro atoms. The Kier molecular flexibility index (Phi) is 4.70. The summed E-state index contributed by atoms with van der Waals surface area (Å²) in [6.07, 6.45) is 4.35. The second-order valence-electron chi connectivity index (χ2n) is 7.43. The molecule has 8 heteroatoms. The van der Waals surface area contributed by atoms with Gasteiger partial charge < -0.3 is 10.2 Å². The van der Waals surface area contributed by atoms with Crippen LogP contribution in [-0.2, 0) is 17.6 Å². The van der Waals surface area contributed by atoms with E-state index >= 15 is 0 Å². The van der Waals surface area contributed by atoms with E-state index in [9.17, 15) is 14.9 Å². The number of nitriles is 1. The summed E-state index contributed by atoms with van der Waals surface area (Å²) >= 11 is 0.